The van der Waals surface area contributed by atoms with Crippen molar-refractivity contribution in [2.45, 2.75) is 119 Å². The molecule has 0 aromatic rings. The second-order valence-electron chi connectivity index (χ2n) is 13.0. The number of rotatable bonds is 5. The second-order valence-corrected chi connectivity index (χ2v) is 13.0. The van der Waals surface area contributed by atoms with E-state index in [1.807, 2.05) is 5.57 Å². The molecule has 3 fully saturated rings. The first kappa shape index (κ1) is 23.6. The van der Waals surface area contributed by atoms with Gasteiger partial charge >= 0.3 is 0 Å². The molecule has 2 unspecified atom stereocenters. The highest BCUT2D eigenvalue weighted by molar-refractivity contribution is 5.32. The third kappa shape index (κ3) is 3.60. The lowest BCUT2D eigenvalue weighted by molar-refractivity contribution is -0.0627. The maximum atomic E-state index is 10.3. The predicted molar refractivity (Wildman–Crippen MR) is 133 cm³/mol. The Labute approximate surface area is 193 Å². The summed E-state index contributed by atoms with van der Waals surface area (Å²) in [5, 5.41) is 10.3. The average molecular weight is 427 g/mol. The minimum Gasteiger partial charge on any atom is -0.393 e. The van der Waals surface area contributed by atoms with E-state index in [9.17, 15) is 5.11 Å². The van der Waals surface area contributed by atoms with Gasteiger partial charge in [-0.25, -0.2) is 0 Å². The van der Waals surface area contributed by atoms with Crippen LogP contribution in [0.5, 0.6) is 0 Å². The molecule has 4 aliphatic rings. The first-order chi connectivity index (χ1) is 14.6. The van der Waals surface area contributed by atoms with Crippen LogP contribution in [0, 0.1) is 45.8 Å². The quantitative estimate of drug-likeness (QED) is 0.438. The van der Waals surface area contributed by atoms with Crippen LogP contribution in [-0.2, 0) is 0 Å². The van der Waals surface area contributed by atoms with Gasteiger partial charge in [-0.2, -0.15) is 0 Å². The Morgan fingerprint density at radius 3 is 2.52 bits per heavy atom. The predicted octanol–water partition coefficient (Wildman–Crippen LogP) is 8.34. The fourth-order valence-corrected chi connectivity index (χ4v) is 9.19. The van der Waals surface area contributed by atoms with Gasteiger partial charge in [0.05, 0.1) is 6.10 Å². The molecule has 0 saturated heterocycles. The smallest absolute Gasteiger partial charge is 0.0543 e. The van der Waals surface area contributed by atoms with Gasteiger partial charge in [0.15, 0.2) is 0 Å². The fourth-order valence-electron chi connectivity index (χ4n) is 9.19. The number of allylic oxidation sites excluding steroid dienone is 4. The van der Waals surface area contributed by atoms with Crippen LogP contribution in [0.3, 0.4) is 0 Å². The Hall–Kier alpha value is -0.560. The second kappa shape index (κ2) is 8.34. The van der Waals surface area contributed by atoms with Gasteiger partial charge < -0.3 is 5.11 Å². The third-order valence-electron chi connectivity index (χ3n) is 11.6. The van der Waals surface area contributed by atoms with E-state index in [1.54, 1.807) is 5.57 Å². The largest absolute Gasteiger partial charge is 0.393 e. The van der Waals surface area contributed by atoms with Crippen LogP contribution in [0.2, 0.25) is 0 Å². The monoisotopic (exact) mass is 426 g/mol. The normalized spacial score (nSPS) is 46.2. The van der Waals surface area contributed by atoms with E-state index in [-0.39, 0.29) is 6.10 Å². The summed E-state index contributed by atoms with van der Waals surface area (Å²) in [4.78, 5) is 0. The molecule has 4 rings (SSSR count). The maximum absolute atomic E-state index is 10.3. The van der Waals surface area contributed by atoms with Crippen molar-refractivity contribution in [2.75, 3.05) is 0 Å². The lowest BCUT2D eigenvalue weighted by Crippen LogP contribution is -2.53. The number of hydrogen-bond donors (Lipinski definition) is 1. The van der Waals surface area contributed by atoms with Crippen molar-refractivity contribution in [3.05, 3.63) is 23.3 Å². The summed E-state index contributed by atoms with van der Waals surface area (Å²) in [6.07, 6.45) is 17.8. The van der Waals surface area contributed by atoms with Gasteiger partial charge in [-0.1, -0.05) is 64.8 Å². The van der Waals surface area contributed by atoms with Crippen molar-refractivity contribution >= 4 is 0 Å². The molecule has 0 aliphatic heterocycles. The molecule has 0 bridgehead atoms. The molecule has 0 spiro atoms. The average Bonchev–Trinajstić information content (AvgIpc) is 3.00. The van der Waals surface area contributed by atoms with E-state index in [1.165, 1.54) is 51.4 Å². The zero-order chi connectivity index (χ0) is 22.6. The van der Waals surface area contributed by atoms with Crippen molar-refractivity contribution in [3.63, 3.8) is 0 Å². The molecular formula is C30H50O. The molecule has 1 heteroatoms. The van der Waals surface area contributed by atoms with Crippen LogP contribution < -0.4 is 0 Å². The summed E-state index contributed by atoms with van der Waals surface area (Å²) in [5.74, 6) is 3.83. The molecule has 1 nitrogen and oxygen atoms in total. The molecule has 1 N–H and O–H groups in total. The molecular weight excluding hydrogens is 376 g/mol. The van der Waals surface area contributed by atoms with Crippen LogP contribution in [-0.4, -0.2) is 11.2 Å². The van der Waals surface area contributed by atoms with Crippen LogP contribution in [0.25, 0.3) is 0 Å². The Kier molecular flexibility index (Phi) is 6.35. The Morgan fingerprint density at radius 1 is 1.10 bits per heavy atom. The van der Waals surface area contributed by atoms with E-state index in [0.29, 0.717) is 28.1 Å². The summed E-state index contributed by atoms with van der Waals surface area (Å²) in [6, 6.07) is 0. The molecule has 0 radical (unpaired) electrons. The minimum absolute atomic E-state index is 0.0536. The lowest BCUT2D eigenvalue weighted by atomic mass is 9.43. The van der Waals surface area contributed by atoms with E-state index >= 15 is 0 Å². The summed E-state index contributed by atoms with van der Waals surface area (Å²) < 4.78 is 0. The maximum Gasteiger partial charge on any atom is 0.0543 e. The van der Waals surface area contributed by atoms with Crippen LogP contribution in [0.1, 0.15) is 113 Å². The standard InChI is InChI=1S/C30H50O/c1-8-22(20(2)3)10-9-21(4)25-14-17-30(7)27-12-11-23-19-24(31)13-16-28(23,5)26(27)15-18-29(25,30)6/h8,12,20-21,23-26,31H,9-11,13-19H2,1-7H3/t21-,23?,24?,25-,26+,28+,29-,30+/m1/s1. The Balaban J connectivity index is 1.55. The number of aliphatic hydroxyl groups is 1. The van der Waals surface area contributed by atoms with Gasteiger partial charge in [-0.15, -0.1) is 0 Å². The third-order valence-corrected chi connectivity index (χ3v) is 11.6. The van der Waals surface area contributed by atoms with E-state index in [0.717, 1.165) is 30.6 Å². The van der Waals surface area contributed by atoms with Gasteiger partial charge in [-0.3, -0.25) is 0 Å². The Morgan fingerprint density at radius 2 is 1.84 bits per heavy atom. The summed E-state index contributed by atoms with van der Waals surface area (Å²) in [7, 11) is 0. The van der Waals surface area contributed by atoms with Gasteiger partial charge in [0, 0.05) is 0 Å². The molecule has 3 saturated carbocycles. The van der Waals surface area contributed by atoms with Crippen molar-refractivity contribution in [1.29, 1.82) is 0 Å². The lowest BCUT2D eigenvalue weighted by Gasteiger charge is -2.61. The highest BCUT2D eigenvalue weighted by atomic mass is 16.3. The van der Waals surface area contributed by atoms with Gasteiger partial charge in [-0.05, 0) is 117 Å². The molecule has 0 aromatic heterocycles. The van der Waals surface area contributed by atoms with Gasteiger partial charge in [0.2, 0.25) is 0 Å². The molecule has 8 atom stereocenters. The minimum atomic E-state index is -0.0536. The first-order valence-electron chi connectivity index (χ1n) is 13.6. The van der Waals surface area contributed by atoms with Crippen molar-refractivity contribution < 1.29 is 5.11 Å². The summed E-state index contributed by atoms with van der Waals surface area (Å²) >= 11 is 0. The molecule has 4 aliphatic carbocycles. The van der Waals surface area contributed by atoms with Gasteiger partial charge in [0.1, 0.15) is 0 Å². The fraction of sp³-hybridized carbons (Fsp3) is 0.867. The van der Waals surface area contributed by atoms with E-state index in [2.05, 4.69) is 60.6 Å². The molecule has 0 heterocycles. The molecule has 31 heavy (non-hydrogen) atoms. The zero-order valence-corrected chi connectivity index (χ0v) is 21.6. The Bertz CT molecular complexity index is 731. The highest BCUT2D eigenvalue weighted by Gasteiger charge is 2.63. The van der Waals surface area contributed by atoms with Crippen molar-refractivity contribution in [3.8, 4) is 0 Å². The highest BCUT2D eigenvalue weighted by Crippen LogP contribution is 2.72. The number of hydrogen-bond acceptors (Lipinski definition) is 1. The number of aliphatic hydroxyl groups excluding tert-OH is 1. The number of fused-ring (bicyclic) bond motifs is 5. The zero-order valence-electron chi connectivity index (χ0n) is 21.6. The van der Waals surface area contributed by atoms with Crippen LogP contribution >= 0.6 is 0 Å². The van der Waals surface area contributed by atoms with Gasteiger partial charge in [0.25, 0.3) is 0 Å². The summed E-state index contributed by atoms with van der Waals surface area (Å²) in [5.41, 5.74) is 4.77. The van der Waals surface area contributed by atoms with Crippen molar-refractivity contribution in [1.82, 2.24) is 0 Å². The SMILES string of the molecule is CC=C(CC[C@@H](C)[C@H]1CC[C@@]2(C)C3=CCC4CC(O)CC[C@]4(C)[C@H]3CC[C@]12C)C(C)C. The molecule has 0 amide bonds. The first-order valence-corrected chi connectivity index (χ1v) is 13.6. The summed E-state index contributed by atoms with van der Waals surface area (Å²) in [6.45, 7) is 17.4. The van der Waals surface area contributed by atoms with Crippen LogP contribution in [0.15, 0.2) is 23.3 Å². The van der Waals surface area contributed by atoms with Crippen LogP contribution in [0.4, 0.5) is 0 Å². The molecule has 0 aromatic carbocycles. The van der Waals surface area contributed by atoms with E-state index < -0.39 is 0 Å². The van der Waals surface area contributed by atoms with Crippen molar-refractivity contribution in [2.24, 2.45) is 45.8 Å². The topological polar surface area (TPSA) is 20.2 Å². The van der Waals surface area contributed by atoms with E-state index in [4.69, 9.17) is 0 Å². The molecule has 176 valence electrons.